The van der Waals surface area contributed by atoms with E-state index in [4.69, 9.17) is 4.42 Å². The number of hydrogen-bond donors (Lipinski definition) is 1. The average Bonchev–Trinajstić information content (AvgIpc) is 3.26. The van der Waals surface area contributed by atoms with Gasteiger partial charge in [-0.25, -0.2) is 0 Å². The van der Waals surface area contributed by atoms with E-state index >= 15 is 0 Å². The highest BCUT2D eigenvalue weighted by molar-refractivity contribution is 5.85. The Morgan fingerprint density at radius 2 is 2.12 bits per heavy atom. The van der Waals surface area contributed by atoms with Crippen molar-refractivity contribution in [3.05, 3.63) is 24.2 Å². The summed E-state index contributed by atoms with van der Waals surface area (Å²) in [4.78, 5) is 28.8. The minimum Gasteiger partial charge on any atom is -0.468 e. The molecular weight excluding hydrogens is 330 g/mol. The molecule has 1 aliphatic carbocycles. The van der Waals surface area contributed by atoms with Crippen LogP contribution in [0.15, 0.2) is 22.8 Å². The van der Waals surface area contributed by atoms with Crippen molar-refractivity contribution in [3.63, 3.8) is 0 Å². The first kappa shape index (κ1) is 17.6. The molecule has 4 rings (SSSR count). The summed E-state index contributed by atoms with van der Waals surface area (Å²) < 4.78 is 5.47. The van der Waals surface area contributed by atoms with Gasteiger partial charge in [-0.15, -0.1) is 0 Å². The second-order valence-electron chi connectivity index (χ2n) is 8.07. The molecule has 1 aromatic heterocycles. The molecule has 0 unspecified atom stereocenters. The molecule has 2 saturated heterocycles. The van der Waals surface area contributed by atoms with Gasteiger partial charge in [-0.3, -0.25) is 14.5 Å². The molecular formula is C20H29N3O3. The first-order valence-corrected chi connectivity index (χ1v) is 10.0. The molecule has 0 bridgehead atoms. The second-order valence-corrected chi connectivity index (χ2v) is 8.07. The Hall–Kier alpha value is -1.82. The average molecular weight is 359 g/mol. The summed E-state index contributed by atoms with van der Waals surface area (Å²) in [5.74, 6) is 2.36. The van der Waals surface area contributed by atoms with E-state index in [0.29, 0.717) is 18.9 Å². The number of nitrogens with one attached hydrogen (secondary N) is 1. The van der Waals surface area contributed by atoms with Crippen molar-refractivity contribution in [1.82, 2.24) is 15.1 Å². The standard InChI is InChI=1S/C20H29N3O3/c24-19(14-23-9-3-1-2-6-20(23)25)21-18-13-22(11-16-5-4-10-26-16)12-17(18)15-7-8-15/h4-5,10,15,17-18H,1-3,6-9,11-14H2,(H,21,24)/t17-,18+/m0/s1. The molecule has 142 valence electrons. The molecule has 0 radical (unpaired) electrons. The number of amides is 2. The number of carbonyl (C=O) groups is 2. The highest BCUT2D eigenvalue weighted by Crippen LogP contribution is 2.41. The van der Waals surface area contributed by atoms with Crippen molar-refractivity contribution >= 4 is 11.8 Å². The Kier molecular flexibility index (Phi) is 5.29. The molecule has 26 heavy (non-hydrogen) atoms. The zero-order valence-electron chi connectivity index (χ0n) is 15.4. The van der Waals surface area contributed by atoms with Crippen molar-refractivity contribution in [2.75, 3.05) is 26.2 Å². The Bertz CT molecular complexity index is 626. The van der Waals surface area contributed by atoms with Gasteiger partial charge in [0.25, 0.3) is 0 Å². The van der Waals surface area contributed by atoms with Gasteiger partial charge in [0.05, 0.1) is 19.4 Å². The van der Waals surface area contributed by atoms with Gasteiger partial charge >= 0.3 is 0 Å². The van der Waals surface area contributed by atoms with Gasteiger partial charge in [0.15, 0.2) is 0 Å². The van der Waals surface area contributed by atoms with Crippen LogP contribution in [0.2, 0.25) is 0 Å². The lowest BCUT2D eigenvalue weighted by Crippen LogP contribution is -2.47. The number of rotatable bonds is 6. The molecule has 6 heteroatoms. The smallest absolute Gasteiger partial charge is 0.239 e. The van der Waals surface area contributed by atoms with Crippen LogP contribution in [0.5, 0.6) is 0 Å². The molecule has 3 heterocycles. The summed E-state index contributed by atoms with van der Waals surface area (Å²) in [5, 5.41) is 3.24. The molecule has 3 aliphatic rings. The largest absolute Gasteiger partial charge is 0.468 e. The van der Waals surface area contributed by atoms with E-state index in [1.165, 1.54) is 12.8 Å². The van der Waals surface area contributed by atoms with Crippen LogP contribution in [0.4, 0.5) is 0 Å². The van der Waals surface area contributed by atoms with Crippen LogP contribution in [0.25, 0.3) is 0 Å². The topological polar surface area (TPSA) is 65.8 Å². The molecule has 1 N–H and O–H groups in total. The fraction of sp³-hybridized carbons (Fsp3) is 0.700. The zero-order chi connectivity index (χ0) is 17.9. The summed E-state index contributed by atoms with van der Waals surface area (Å²) in [5.41, 5.74) is 0. The molecule has 6 nitrogen and oxygen atoms in total. The normalized spacial score (nSPS) is 27.5. The summed E-state index contributed by atoms with van der Waals surface area (Å²) in [6, 6.07) is 4.11. The van der Waals surface area contributed by atoms with Gasteiger partial charge in [-0.2, -0.15) is 0 Å². The van der Waals surface area contributed by atoms with Gasteiger partial charge in [-0.05, 0) is 49.7 Å². The first-order valence-electron chi connectivity index (χ1n) is 10.0. The predicted octanol–water partition coefficient (Wildman–Crippen LogP) is 2.01. The van der Waals surface area contributed by atoms with E-state index in [0.717, 1.165) is 50.6 Å². The van der Waals surface area contributed by atoms with E-state index < -0.39 is 0 Å². The Morgan fingerprint density at radius 3 is 2.88 bits per heavy atom. The van der Waals surface area contributed by atoms with Gasteiger partial charge in [0, 0.05) is 32.1 Å². The van der Waals surface area contributed by atoms with Gasteiger partial charge in [0.2, 0.25) is 11.8 Å². The van der Waals surface area contributed by atoms with Crippen molar-refractivity contribution in [3.8, 4) is 0 Å². The third kappa shape index (κ3) is 4.29. The monoisotopic (exact) mass is 359 g/mol. The number of nitrogens with zero attached hydrogens (tertiary/aromatic N) is 2. The van der Waals surface area contributed by atoms with Crippen molar-refractivity contribution in [2.45, 2.75) is 51.1 Å². The van der Waals surface area contributed by atoms with Gasteiger partial charge in [0.1, 0.15) is 5.76 Å². The fourth-order valence-electron chi connectivity index (χ4n) is 4.45. The van der Waals surface area contributed by atoms with E-state index in [1.54, 1.807) is 11.2 Å². The highest BCUT2D eigenvalue weighted by atomic mass is 16.3. The maximum Gasteiger partial charge on any atom is 0.239 e. The molecule has 1 aromatic rings. The number of hydrogen-bond acceptors (Lipinski definition) is 4. The molecule has 0 aromatic carbocycles. The van der Waals surface area contributed by atoms with Crippen LogP contribution in [0, 0.1) is 11.8 Å². The summed E-state index contributed by atoms with van der Waals surface area (Å²) in [6.07, 6.45) is 7.87. The van der Waals surface area contributed by atoms with Gasteiger partial charge in [-0.1, -0.05) is 6.42 Å². The van der Waals surface area contributed by atoms with Crippen molar-refractivity contribution < 1.29 is 14.0 Å². The highest BCUT2D eigenvalue weighted by Gasteiger charge is 2.43. The lowest BCUT2D eigenvalue weighted by atomic mass is 9.98. The number of furan rings is 1. The Labute approximate surface area is 154 Å². The van der Waals surface area contributed by atoms with E-state index in [2.05, 4.69) is 10.2 Å². The lowest BCUT2D eigenvalue weighted by Gasteiger charge is -2.23. The molecule has 1 saturated carbocycles. The molecule has 2 aliphatic heterocycles. The first-order chi connectivity index (χ1) is 12.7. The predicted molar refractivity (Wildman–Crippen MR) is 97.2 cm³/mol. The number of carbonyl (C=O) groups excluding carboxylic acids is 2. The Balaban J connectivity index is 1.33. The fourth-order valence-corrected chi connectivity index (χ4v) is 4.45. The van der Waals surface area contributed by atoms with Crippen LogP contribution in [0.3, 0.4) is 0 Å². The van der Waals surface area contributed by atoms with E-state index in [1.807, 2.05) is 12.1 Å². The maximum atomic E-state index is 12.6. The van der Waals surface area contributed by atoms with Gasteiger partial charge < -0.3 is 14.6 Å². The second kappa shape index (κ2) is 7.82. The molecule has 3 fully saturated rings. The van der Waals surface area contributed by atoms with Crippen molar-refractivity contribution in [1.29, 1.82) is 0 Å². The minimum absolute atomic E-state index is 0.00394. The minimum atomic E-state index is -0.00394. The van der Waals surface area contributed by atoms with E-state index in [-0.39, 0.29) is 24.4 Å². The lowest BCUT2D eigenvalue weighted by molar-refractivity contribution is -0.135. The summed E-state index contributed by atoms with van der Waals surface area (Å²) in [6.45, 7) is 3.60. The van der Waals surface area contributed by atoms with Crippen LogP contribution >= 0.6 is 0 Å². The Morgan fingerprint density at radius 1 is 1.23 bits per heavy atom. The van der Waals surface area contributed by atoms with Crippen molar-refractivity contribution in [2.24, 2.45) is 11.8 Å². The zero-order valence-corrected chi connectivity index (χ0v) is 15.4. The summed E-state index contributed by atoms with van der Waals surface area (Å²) in [7, 11) is 0. The molecule has 2 amide bonds. The van der Waals surface area contributed by atoms with E-state index in [9.17, 15) is 9.59 Å². The summed E-state index contributed by atoms with van der Waals surface area (Å²) >= 11 is 0. The third-order valence-corrected chi connectivity index (χ3v) is 5.98. The molecule has 2 atom stereocenters. The van der Waals surface area contributed by atoms with Crippen LogP contribution in [-0.4, -0.2) is 53.8 Å². The van der Waals surface area contributed by atoms with Crippen LogP contribution in [-0.2, 0) is 16.1 Å². The SMILES string of the molecule is O=C(CN1CCCCCC1=O)N[C@@H]1CN(Cc2ccco2)C[C@H]1C1CC1. The quantitative estimate of drug-likeness (QED) is 0.844. The van der Waals surface area contributed by atoms with Crippen LogP contribution < -0.4 is 5.32 Å². The number of likely N-dealkylation sites (tertiary alicyclic amines) is 2. The maximum absolute atomic E-state index is 12.6. The third-order valence-electron chi connectivity index (χ3n) is 5.98. The molecule has 0 spiro atoms. The van der Waals surface area contributed by atoms with Crippen LogP contribution in [0.1, 0.15) is 44.3 Å².